The highest BCUT2D eigenvalue weighted by Crippen LogP contribution is 2.22. The first-order chi connectivity index (χ1) is 14.4. The molecule has 1 atom stereocenters. The van der Waals surface area contributed by atoms with Gasteiger partial charge in [-0.15, -0.1) is 11.3 Å². The SMILES string of the molecule is CN(C)C(CNC(=O)c1cccc(S(=O)(=O)NCc2ccccc2)c1)c1cccs1. The van der Waals surface area contributed by atoms with Gasteiger partial charge in [0, 0.05) is 23.5 Å². The van der Waals surface area contributed by atoms with Gasteiger partial charge in [-0.3, -0.25) is 4.79 Å². The third-order valence-electron chi connectivity index (χ3n) is 4.67. The van der Waals surface area contributed by atoms with Gasteiger partial charge in [-0.1, -0.05) is 42.5 Å². The molecule has 0 aliphatic heterocycles. The molecular formula is C22H25N3O3S2. The second-order valence-electron chi connectivity index (χ2n) is 7.04. The molecule has 0 aliphatic carbocycles. The zero-order chi connectivity index (χ0) is 21.6. The van der Waals surface area contributed by atoms with Gasteiger partial charge in [0.2, 0.25) is 10.0 Å². The summed E-state index contributed by atoms with van der Waals surface area (Å²) in [4.78, 5) is 15.9. The molecular weight excluding hydrogens is 418 g/mol. The summed E-state index contributed by atoms with van der Waals surface area (Å²) in [5, 5.41) is 4.92. The zero-order valence-electron chi connectivity index (χ0n) is 16.9. The fourth-order valence-corrected chi connectivity index (χ4v) is 4.96. The van der Waals surface area contributed by atoms with Crippen molar-refractivity contribution in [3.8, 4) is 0 Å². The molecule has 0 spiro atoms. The number of nitrogens with zero attached hydrogens (tertiary/aromatic N) is 1. The van der Waals surface area contributed by atoms with E-state index in [0.29, 0.717) is 12.1 Å². The summed E-state index contributed by atoms with van der Waals surface area (Å²) < 4.78 is 27.9. The van der Waals surface area contributed by atoms with Crippen LogP contribution < -0.4 is 10.0 Å². The van der Waals surface area contributed by atoms with Gasteiger partial charge in [-0.25, -0.2) is 13.1 Å². The van der Waals surface area contributed by atoms with E-state index >= 15 is 0 Å². The van der Waals surface area contributed by atoms with Gasteiger partial charge in [-0.05, 0) is 49.3 Å². The molecule has 2 N–H and O–H groups in total. The van der Waals surface area contributed by atoms with Crippen molar-refractivity contribution in [3.63, 3.8) is 0 Å². The van der Waals surface area contributed by atoms with Crippen LogP contribution in [0.4, 0.5) is 0 Å². The smallest absolute Gasteiger partial charge is 0.251 e. The van der Waals surface area contributed by atoms with E-state index in [9.17, 15) is 13.2 Å². The van der Waals surface area contributed by atoms with Crippen LogP contribution in [0.5, 0.6) is 0 Å². The summed E-state index contributed by atoms with van der Waals surface area (Å²) in [5.41, 5.74) is 1.17. The van der Waals surface area contributed by atoms with E-state index in [1.165, 1.54) is 12.1 Å². The van der Waals surface area contributed by atoms with Crippen molar-refractivity contribution in [2.75, 3.05) is 20.6 Å². The topological polar surface area (TPSA) is 78.5 Å². The Balaban J connectivity index is 1.67. The molecule has 0 bridgehead atoms. The molecule has 6 nitrogen and oxygen atoms in total. The maximum absolute atomic E-state index is 12.7. The van der Waals surface area contributed by atoms with Crippen molar-refractivity contribution in [2.24, 2.45) is 0 Å². The fraction of sp³-hybridized carbons (Fsp3) is 0.227. The lowest BCUT2D eigenvalue weighted by Crippen LogP contribution is -2.34. The number of nitrogens with one attached hydrogen (secondary N) is 2. The van der Waals surface area contributed by atoms with Crippen LogP contribution in [-0.2, 0) is 16.6 Å². The van der Waals surface area contributed by atoms with Crippen molar-refractivity contribution in [3.05, 3.63) is 88.1 Å². The van der Waals surface area contributed by atoms with E-state index < -0.39 is 10.0 Å². The van der Waals surface area contributed by atoms with Crippen LogP contribution in [0.2, 0.25) is 0 Å². The van der Waals surface area contributed by atoms with Crippen molar-refractivity contribution < 1.29 is 13.2 Å². The van der Waals surface area contributed by atoms with Gasteiger partial charge in [0.25, 0.3) is 5.91 Å². The number of carbonyl (C=O) groups is 1. The quantitative estimate of drug-likeness (QED) is 0.532. The molecule has 0 saturated heterocycles. The van der Waals surface area contributed by atoms with Gasteiger partial charge < -0.3 is 10.2 Å². The van der Waals surface area contributed by atoms with E-state index in [1.807, 2.05) is 66.8 Å². The highest BCUT2D eigenvalue weighted by molar-refractivity contribution is 7.89. The van der Waals surface area contributed by atoms with E-state index in [-0.39, 0.29) is 23.4 Å². The van der Waals surface area contributed by atoms with Crippen molar-refractivity contribution in [1.29, 1.82) is 0 Å². The number of thiophene rings is 1. The Morgan fingerprint density at radius 2 is 1.80 bits per heavy atom. The summed E-state index contributed by atoms with van der Waals surface area (Å²) >= 11 is 1.64. The Kier molecular flexibility index (Phi) is 7.38. The predicted molar refractivity (Wildman–Crippen MR) is 120 cm³/mol. The van der Waals surface area contributed by atoms with Crippen molar-refractivity contribution in [1.82, 2.24) is 14.9 Å². The number of amides is 1. The first kappa shape index (κ1) is 22.2. The minimum absolute atomic E-state index is 0.0494. The fourth-order valence-electron chi connectivity index (χ4n) is 2.97. The van der Waals surface area contributed by atoms with E-state index in [1.54, 1.807) is 23.5 Å². The van der Waals surface area contributed by atoms with Crippen LogP contribution in [-0.4, -0.2) is 39.9 Å². The van der Waals surface area contributed by atoms with Crippen molar-refractivity contribution >= 4 is 27.3 Å². The second-order valence-corrected chi connectivity index (χ2v) is 9.79. The lowest BCUT2D eigenvalue weighted by Gasteiger charge is -2.23. The molecule has 1 aromatic heterocycles. The molecule has 8 heteroatoms. The number of sulfonamides is 1. The van der Waals surface area contributed by atoms with Crippen LogP contribution >= 0.6 is 11.3 Å². The van der Waals surface area contributed by atoms with Gasteiger partial charge in [0.1, 0.15) is 0 Å². The predicted octanol–water partition coefficient (Wildman–Crippen LogP) is 3.26. The van der Waals surface area contributed by atoms with E-state index in [2.05, 4.69) is 10.0 Å². The molecule has 0 fully saturated rings. The normalized spacial score (nSPS) is 12.6. The number of carbonyl (C=O) groups excluding carboxylic acids is 1. The summed E-state index contributed by atoms with van der Waals surface area (Å²) in [6, 6.07) is 19.4. The lowest BCUT2D eigenvalue weighted by molar-refractivity contribution is 0.0942. The van der Waals surface area contributed by atoms with E-state index in [0.717, 1.165) is 10.4 Å². The summed E-state index contributed by atoms with van der Waals surface area (Å²) in [7, 11) is 0.190. The Hall–Kier alpha value is -2.52. The summed E-state index contributed by atoms with van der Waals surface area (Å²) in [5.74, 6) is -0.307. The molecule has 30 heavy (non-hydrogen) atoms. The number of hydrogen-bond donors (Lipinski definition) is 2. The number of likely N-dealkylation sites (N-methyl/N-ethyl adjacent to an activating group) is 1. The van der Waals surface area contributed by atoms with Crippen LogP contribution in [0.15, 0.2) is 77.0 Å². The van der Waals surface area contributed by atoms with Crippen LogP contribution in [0.3, 0.4) is 0 Å². The highest BCUT2D eigenvalue weighted by Gasteiger charge is 2.19. The molecule has 1 heterocycles. The van der Waals surface area contributed by atoms with Crippen LogP contribution in [0.25, 0.3) is 0 Å². The van der Waals surface area contributed by atoms with Gasteiger partial charge >= 0.3 is 0 Å². The van der Waals surface area contributed by atoms with Crippen LogP contribution in [0.1, 0.15) is 26.8 Å². The van der Waals surface area contributed by atoms with Gasteiger partial charge in [-0.2, -0.15) is 0 Å². The largest absolute Gasteiger partial charge is 0.350 e. The molecule has 3 aromatic rings. The first-order valence-electron chi connectivity index (χ1n) is 9.48. The monoisotopic (exact) mass is 443 g/mol. The summed E-state index contributed by atoms with van der Waals surface area (Å²) in [6.45, 7) is 0.612. The molecule has 3 rings (SSSR count). The maximum atomic E-state index is 12.7. The minimum Gasteiger partial charge on any atom is -0.350 e. The molecule has 0 radical (unpaired) electrons. The molecule has 0 aliphatic rings. The lowest BCUT2D eigenvalue weighted by atomic mass is 10.2. The average molecular weight is 444 g/mol. The number of rotatable bonds is 9. The number of benzene rings is 2. The third kappa shape index (κ3) is 5.76. The van der Waals surface area contributed by atoms with Gasteiger partial charge in [0.05, 0.1) is 10.9 Å². The first-order valence-corrected chi connectivity index (χ1v) is 11.8. The Morgan fingerprint density at radius 1 is 1.03 bits per heavy atom. The third-order valence-corrected chi connectivity index (χ3v) is 7.04. The maximum Gasteiger partial charge on any atom is 0.251 e. The molecule has 2 aromatic carbocycles. The Bertz CT molecular complexity index is 1070. The van der Waals surface area contributed by atoms with Crippen LogP contribution in [0, 0.1) is 0 Å². The molecule has 1 amide bonds. The van der Waals surface area contributed by atoms with Gasteiger partial charge in [0.15, 0.2) is 0 Å². The molecule has 0 saturated carbocycles. The standard InChI is InChI=1S/C22H25N3O3S2/c1-25(2)20(21-12-7-13-29-21)16-23-22(26)18-10-6-11-19(14-18)30(27,28)24-15-17-8-4-3-5-9-17/h3-14,20,24H,15-16H2,1-2H3,(H,23,26). The Morgan fingerprint density at radius 3 is 2.47 bits per heavy atom. The molecule has 1 unspecified atom stereocenters. The zero-order valence-corrected chi connectivity index (χ0v) is 18.5. The number of hydrogen-bond acceptors (Lipinski definition) is 5. The molecule has 158 valence electrons. The Labute approximate surface area is 181 Å². The summed E-state index contributed by atoms with van der Waals surface area (Å²) in [6.07, 6.45) is 0. The van der Waals surface area contributed by atoms with Crippen molar-refractivity contribution in [2.45, 2.75) is 17.5 Å². The second kappa shape index (κ2) is 9.99. The highest BCUT2D eigenvalue weighted by atomic mass is 32.2. The average Bonchev–Trinajstić information content (AvgIpc) is 3.27. The minimum atomic E-state index is -3.73. The van der Waals surface area contributed by atoms with E-state index in [4.69, 9.17) is 0 Å².